The topological polar surface area (TPSA) is 41.6 Å². The van der Waals surface area contributed by atoms with E-state index in [9.17, 15) is 4.79 Å². The van der Waals surface area contributed by atoms with Gasteiger partial charge in [0.15, 0.2) is 0 Å². The third-order valence-corrected chi connectivity index (χ3v) is 3.34. The molecule has 98 valence electrons. The minimum atomic E-state index is -0.0644. The van der Waals surface area contributed by atoms with Crippen molar-refractivity contribution in [2.24, 2.45) is 0 Å². The highest BCUT2D eigenvalue weighted by atomic mass is 16.6. The summed E-state index contributed by atoms with van der Waals surface area (Å²) in [5, 5.41) is 0. The first-order valence-corrected chi connectivity index (χ1v) is 6.33. The van der Waals surface area contributed by atoms with Crippen LogP contribution in [-0.2, 0) is 16.2 Å². The Bertz CT molecular complexity index is 420. The molecule has 1 aromatic rings. The maximum Gasteiger partial charge on any atom is 0.260 e. The van der Waals surface area contributed by atoms with Crippen LogP contribution >= 0.6 is 0 Å². The Morgan fingerprint density at radius 1 is 1.56 bits per heavy atom. The first kappa shape index (κ1) is 13.1. The zero-order valence-corrected chi connectivity index (χ0v) is 11.0. The Labute approximate surface area is 108 Å². The van der Waals surface area contributed by atoms with E-state index in [1.54, 1.807) is 0 Å². The van der Waals surface area contributed by atoms with E-state index in [0.29, 0.717) is 0 Å². The van der Waals surface area contributed by atoms with Gasteiger partial charge in [-0.15, -0.1) is 0 Å². The second kappa shape index (κ2) is 5.98. The Morgan fingerprint density at radius 3 is 3.11 bits per heavy atom. The molecule has 2 rings (SSSR count). The highest BCUT2D eigenvalue weighted by molar-refractivity contribution is 5.81. The van der Waals surface area contributed by atoms with Crippen LogP contribution in [0.2, 0.25) is 0 Å². The van der Waals surface area contributed by atoms with Gasteiger partial charge in [0.2, 0.25) is 0 Å². The van der Waals surface area contributed by atoms with Crippen molar-refractivity contribution < 1.29 is 9.63 Å². The molecule has 0 spiro atoms. The Kier molecular flexibility index (Phi) is 4.33. The van der Waals surface area contributed by atoms with Crippen molar-refractivity contribution in [3.8, 4) is 0 Å². The SMILES string of the molecule is CONC(=O)C1CCCN1Cc1cccc(C)c1. The van der Waals surface area contributed by atoms with E-state index in [1.807, 2.05) is 0 Å². The number of carbonyl (C=O) groups excluding carboxylic acids is 1. The average Bonchev–Trinajstić information content (AvgIpc) is 2.77. The molecule has 1 heterocycles. The highest BCUT2D eigenvalue weighted by Gasteiger charge is 2.30. The number of aryl methyl sites for hydroxylation is 1. The van der Waals surface area contributed by atoms with Crippen LogP contribution in [0.5, 0.6) is 0 Å². The molecule has 0 bridgehead atoms. The molecule has 1 aliphatic heterocycles. The standard InChI is InChI=1S/C14H20N2O2/c1-11-5-3-6-12(9-11)10-16-8-4-7-13(16)14(17)15-18-2/h3,5-6,9,13H,4,7-8,10H2,1-2H3,(H,15,17). The number of likely N-dealkylation sites (tertiary alicyclic amines) is 1. The molecule has 1 fully saturated rings. The molecule has 1 unspecified atom stereocenters. The molecule has 1 saturated heterocycles. The van der Waals surface area contributed by atoms with Crippen LogP contribution in [0.15, 0.2) is 24.3 Å². The number of amides is 1. The average molecular weight is 248 g/mol. The van der Waals surface area contributed by atoms with Gasteiger partial charge in [-0.05, 0) is 31.9 Å². The number of benzene rings is 1. The predicted molar refractivity (Wildman–Crippen MR) is 69.8 cm³/mol. The van der Waals surface area contributed by atoms with E-state index in [-0.39, 0.29) is 11.9 Å². The van der Waals surface area contributed by atoms with E-state index < -0.39 is 0 Å². The smallest absolute Gasteiger partial charge is 0.260 e. The number of hydroxylamine groups is 1. The molecule has 0 saturated carbocycles. The largest absolute Gasteiger partial charge is 0.288 e. The fourth-order valence-electron chi connectivity index (χ4n) is 2.53. The van der Waals surface area contributed by atoms with Crippen molar-refractivity contribution in [3.05, 3.63) is 35.4 Å². The molecular weight excluding hydrogens is 228 g/mol. The lowest BCUT2D eigenvalue weighted by molar-refractivity contribution is -0.136. The Balaban J connectivity index is 2.01. The zero-order chi connectivity index (χ0) is 13.0. The molecule has 0 aromatic heterocycles. The number of carbonyl (C=O) groups is 1. The van der Waals surface area contributed by atoms with Crippen LogP contribution in [0, 0.1) is 6.92 Å². The lowest BCUT2D eigenvalue weighted by Gasteiger charge is -2.23. The summed E-state index contributed by atoms with van der Waals surface area (Å²) in [5.74, 6) is -0.0392. The third kappa shape index (κ3) is 3.09. The van der Waals surface area contributed by atoms with Gasteiger partial charge in [0.25, 0.3) is 5.91 Å². The quantitative estimate of drug-likeness (QED) is 0.824. The lowest BCUT2D eigenvalue weighted by Crippen LogP contribution is -2.42. The Morgan fingerprint density at radius 2 is 2.39 bits per heavy atom. The van der Waals surface area contributed by atoms with Crippen LogP contribution in [0.1, 0.15) is 24.0 Å². The van der Waals surface area contributed by atoms with Crippen molar-refractivity contribution in [2.45, 2.75) is 32.4 Å². The van der Waals surface area contributed by atoms with Gasteiger partial charge in [0.1, 0.15) is 0 Å². The van der Waals surface area contributed by atoms with Gasteiger partial charge in [-0.3, -0.25) is 14.5 Å². The van der Waals surface area contributed by atoms with Gasteiger partial charge in [-0.1, -0.05) is 29.8 Å². The van der Waals surface area contributed by atoms with Gasteiger partial charge in [0, 0.05) is 6.54 Å². The monoisotopic (exact) mass is 248 g/mol. The van der Waals surface area contributed by atoms with Crippen LogP contribution in [0.3, 0.4) is 0 Å². The summed E-state index contributed by atoms with van der Waals surface area (Å²) >= 11 is 0. The van der Waals surface area contributed by atoms with Crippen LogP contribution in [0.4, 0.5) is 0 Å². The minimum Gasteiger partial charge on any atom is -0.288 e. The summed E-state index contributed by atoms with van der Waals surface area (Å²) in [7, 11) is 1.47. The molecule has 1 atom stereocenters. The molecule has 1 aromatic carbocycles. The van der Waals surface area contributed by atoms with Gasteiger partial charge in [0.05, 0.1) is 13.2 Å². The molecule has 18 heavy (non-hydrogen) atoms. The first-order chi connectivity index (χ1) is 8.70. The van der Waals surface area contributed by atoms with Crippen molar-refractivity contribution in [1.82, 2.24) is 10.4 Å². The van der Waals surface area contributed by atoms with E-state index in [0.717, 1.165) is 25.9 Å². The second-order valence-corrected chi connectivity index (χ2v) is 4.79. The Hall–Kier alpha value is -1.39. The summed E-state index contributed by atoms with van der Waals surface area (Å²) in [5.41, 5.74) is 4.94. The normalized spacial score (nSPS) is 20.0. The van der Waals surface area contributed by atoms with Crippen molar-refractivity contribution in [1.29, 1.82) is 0 Å². The van der Waals surface area contributed by atoms with Crippen LogP contribution in [0.25, 0.3) is 0 Å². The minimum absolute atomic E-state index is 0.0392. The fraction of sp³-hybridized carbons (Fsp3) is 0.500. The first-order valence-electron chi connectivity index (χ1n) is 6.33. The molecule has 4 nitrogen and oxygen atoms in total. The predicted octanol–water partition coefficient (Wildman–Crippen LogP) is 1.64. The second-order valence-electron chi connectivity index (χ2n) is 4.79. The summed E-state index contributed by atoms with van der Waals surface area (Å²) < 4.78 is 0. The number of hydrogen-bond donors (Lipinski definition) is 1. The van der Waals surface area contributed by atoms with Crippen molar-refractivity contribution in [3.63, 3.8) is 0 Å². The molecule has 4 heteroatoms. The lowest BCUT2D eigenvalue weighted by atomic mass is 10.1. The number of nitrogens with zero attached hydrogens (tertiary/aromatic N) is 1. The third-order valence-electron chi connectivity index (χ3n) is 3.34. The molecule has 0 radical (unpaired) electrons. The molecule has 1 amide bonds. The number of nitrogens with one attached hydrogen (secondary N) is 1. The molecule has 0 aliphatic carbocycles. The van der Waals surface area contributed by atoms with Crippen molar-refractivity contribution in [2.75, 3.05) is 13.7 Å². The maximum atomic E-state index is 11.8. The number of hydrogen-bond acceptors (Lipinski definition) is 3. The summed E-state index contributed by atoms with van der Waals surface area (Å²) in [6, 6.07) is 8.36. The van der Waals surface area contributed by atoms with Gasteiger partial charge in [-0.2, -0.15) is 0 Å². The van der Waals surface area contributed by atoms with E-state index in [1.165, 1.54) is 18.2 Å². The van der Waals surface area contributed by atoms with Gasteiger partial charge in [-0.25, -0.2) is 5.48 Å². The molecule has 1 N–H and O–H groups in total. The van der Waals surface area contributed by atoms with Crippen molar-refractivity contribution >= 4 is 5.91 Å². The summed E-state index contributed by atoms with van der Waals surface area (Å²) in [6.07, 6.45) is 1.97. The highest BCUT2D eigenvalue weighted by Crippen LogP contribution is 2.20. The molecular formula is C14H20N2O2. The number of rotatable bonds is 4. The maximum absolute atomic E-state index is 11.8. The van der Waals surface area contributed by atoms with Gasteiger partial charge >= 0.3 is 0 Å². The van der Waals surface area contributed by atoms with Crippen LogP contribution < -0.4 is 5.48 Å². The van der Waals surface area contributed by atoms with E-state index in [4.69, 9.17) is 4.84 Å². The fourth-order valence-corrected chi connectivity index (χ4v) is 2.53. The van der Waals surface area contributed by atoms with Gasteiger partial charge < -0.3 is 0 Å². The summed E-state index contributed by atoms with van der Waals surface area (Å²) in [6.45, 7) is 3.88. The van der Waals surface area contributed by atoms with Crippen LogP contribution in [-0.4, -0.2) is 30.5 Å². The van der Waals surface area contributed by atoms with E-state index in [2.05, 4.69) is 41.6 Å². The zero-order valence-electron chi connectivity index (χ0n) is 11.0. The molecule has 1 aliphatic rings. The summed E-state index contributed by atoms with van der Waals surface area (Å²) in [4.78, 5) is 18.8. The van der Waals surface area contributed by atoms with E-state index >= 15 is 0 Å².